The third-order valence-electron chi connectivity index (χ3n) is 3.13. The van der Waals surface area contributed by atoms with Crippen molar-refractivity contribution in [3.8, 4) is 11.5 Å². The monoisotopic (exact) mass is 286 g/mol. The molecule has 0 bridgehead atoms. The number of ether oxygens (including phenoxy) is 1. The number of nitrogens with one attached hydrogen (secondary N) is 1. The molecule has 5 nitrogen and oxygen atoms in total. The summed E-state index contributed by atoms with van der Waals surface area (Å²) in [5.41, 5.74) is 7.10. The Balaban J connectivity index is 2.05. The third-order valence-corrected chi connectivity index (χ3v) is 3.13. The fourth-order valence-electron chi connectivity index (χ4n) is 1.99. The molecule has 0 saturated heterocycles. The summed E-state index contributed by atoms with van der Waals surface area (Å²) >= 11 is 0. The Hall–Kier alpha value is -2.53. The number of carbonyl (C=O) groups is 1. The molecule has 0 saturated carbocycles. The second kappa shape index (κ2) is 6.76. The van der Waals surface area contributed by atoms with Crippen molar-refractivity contribution in [1.29, 1.82) is 0 Å². The van der Waals surface area contributed by atoms with Gasteiger partial charge in [-0.05, 0) is 23.8 Å². The zero-order valence-corrected chi connectivity index (χ0v) is 11.7. The quantitative estimate of drug-likeness (QED) is 0.784. The van der Waals surface area contributed by atoms with Gasteiger partial charge in [0.05, 0.1) is 18.8 Å². The van der Waals surface area contributed by atoms with E-state index in [0.29, 0.717) is 17.0 Å². The molecule has 0 aliphatic carbocycles. The molecule has 5 heteroatoms. The van der Waals surface area contributed by atoms with Crippen molar-refractivity contribution < 1.29 is 14.6 Å². The summed E-state index contributed by atoms with van der Waals surface area (Å²) in [7, 11) is 1.53. The largest absolute Gasteiger partial charge is 0.508 e. The van der Waals surface area contributed by atoms with Crippen molar-refractivity contribution in [2.24, 2.45) is 5.73 Å². The molecule has 1 unspecified atom stereocenters. The van der Waals surface area contributed by atoms with Gasteiger partial charge in [0, 0.05) is 6.42 Å². The second-order valence-electron chi connectivity index (χ2n) is 4.63. The van der Waals surface area contributed by atoms with Crippen LogP contribution >= 0.6 is 0 Å². The first kappa shape index (κ1) is 14.9. The number of phenols is 1. The minimum Gasteiger partial charge on any atom is -0.508 e. The first-order chi connectivity index (χ1) is 10.1. The van der Waals surface area contributed by atoms with Crippen LogP contribution in [0.4, 0.5) is 5.69 Å². The lowest BCUT2D eigenvalue weighted by molar-refractivity contribution is -0.117. The van der Waals surface area contributed by atoms with Crippen LogP contribution in [0.2, 0.25) is 0 Å². The van der Waals surface area contributed by atoms with Crippen molar-refractivity contribution in [2.45, 2.75) is 12.5 Å². The van der Waals surface area contributed by atoms with Crippen LogP contribution < -0.4 is 15.8 Å². The van der Waals surface area contributed by atoms with Crippen molar-refractivity contribution in [1.82, 2.24) is 0 Å². The van der Waals surface area contributed by atoms with Crippen molar-refractivity contribution in [2.75, 3.05) is 12.4 Å². The molecule has 0 spiro atoms. The molecule has 1 atom stereocenters. The SMILES string of the molecule is COc1ccccc1NC(=O)C(N)Cc1ccccc1O. The van der Waals surface area contributed by atoms with Gasteiger partial charge in [0.2, 0.25) is 5.91 Å². The Labute approximate surface area is 123 Å². The minimum atomic E-state index is -0.761. The average Bonchev–Trinajstić information content (AvgIpc) is 2.50. The Kier molecular flexibility index (Phi) is 4.79. The van der Waals surface area contributed by atoms with Gasteiger partial charge in [0.25, 0.3) is 0 Å². The van der Waals surface area contributed by atoms with Crippen LogP contribution in [-0.2, 0) is 11.2 Å². The van der Waals surface area contributed by atoms with Crippen LogP contribution in [-0.4, -0.2) is 24.2 Å². The van der Waals surface area contributed by atoms with Gasteiger partial charge in [-0.2, -0.15) is 0 Å². The van der Waals surface area contributed by atoms with E-state index in [9.17, 15) is 9.90 Å². The van der Waals surface area contributed by atoms with Gasteiger partial charge in [-0.1, -0.05) is 30.3 Å². The van der Waals surface area contributed by atoms with E-state index in [0.717, 1.165) is 0 Å². The van der Waals surface area contributed by atoms with E-state index < -0.39 is 6.04 Å². The summed E-state index contributed by atoms with van der Waals surface area (Å²) in [5, 5.41) is 12.4. The Morgan fingerprint density at radius 3 is 2.62 bits per heavy atom. The lowest BCUT2D eigenvalue weighted by Crippen LogP contribution is -2.37. The summed E-state index contributed by atoms with van der Waals surface area (Å²) in [5.74, 6) is 0.376. The fourth-order valence-corrected chi connectivity index (χ4v) is 1.99. The molecule has 0 fully saturated rings. The van der Waals surface area contributed by atoms with Crippen LogP contribution in [0.5, 0.6) is 11.5 Å². The van der Waals surface area contributed by atoms with Gasteiger partial charge in [-0.3, -0.25) is 4.79 Å². The van der Waals surface area contributed by atoms with Gasteiger partial charge in [-0.25, -0.2) is 0 Å². The Morgan fingerprint density at radius 1 is 1.24 bits per heavy atom. The highest BCUT2D eigenvalue weighted by Crippen LogP contribution is 2.23. The number of phenolic OH excluding ortho intramolecular Hbond substituents is 1. The lowest BCUT2D eigenvalue weighted by Gasteiger charge is -2.14. The summed E-state index contributed by atoms with van der Waals surface area (Å²) in [6.45, 7) is 0. The number of para-hydroxylation sites is 3. The maximum absolute atomic E-state index is 12.1. The first-order valence-electron chi connectivity index (χ1n) is 6.58. The number of rotatable bonds is 5. The van der Waals surface area contributed by atoms with Gasteiger partial charge in [0.1, 0.15) is 11.5 Å². The van der Waals surface area contributed by atoms with Crippen molar-refractivity contribution in [3.05, 3.63) is 54.1 Å². The molecule has 2 aromatic rings. The third kappa shape index (κ3) is 3.73. The number of methoxy groups -OCH3 is 1. The molecular weight excluding hydrogens is 268 g/mol. The zero-order chi connectivity index (χ0) is 15.2. The maximum atomic E-state index is 12.1. The van der Waals surface area contributed by atoms with E-state index >= 15 is 0 Å². The summed E-state index contributed by atoms with van der Waals surface area (Å²) in [6.07, 6.45) is 0.258. The first-order valence-corrected chi connectivity index (χ1v) is 6.58. The van der Waals surface area contributed by atoms with Crippen molar-refractivity contribution in [3.63, 3.8) is 0 Å². The molecule has 21 heavy (non-hydrogen) atoms. The molecule has 2 aromatic carbocycles. The normalized spacial score (nSPS) is 11.7. The van der Waals surface area contributed by atoms with E-state index in [-0.39, 0.29) is 18.1 Å². The average molecular weight is 286 g/mol. The van der Waals surface area contributed by atoms with Gasteiger partial charge in [0.15, 0.2) is 0 Å². The molecule has 2 rings (SSSR count). The number of aromatic hydroxyl groups is 1. The number of hydrogen-bond acceptors (Lipinski definition) is 4. The van der Waals surface area contributed by atoms with Crippen LogP contribution in [0.25, 0.3) is 0 Å². The lowest BCUT2D eigenvalue weighted by atomic mass is 10.0. The van der Waals surface area contributed by atoms with E-state index in [1.54, 1.807) is 42.5 Å². The second-order valence-corrected chi connectivity index (χ2v) is 4.63. The Morgan fingerprint density at radius 2 is 1.90 bits per heavy atom. The molecule has 4 N–H and O–H groups in total. The number of carbonyl (C=O) groups excluding carboxylic acids is 1. The van der Waals surface area contributed by atoms with Gasteiger partial charge in [-0.15, -0.1) is 0 Å². The highest BCUT2D eigenvalue weighted by atomic mass is 16.5. The fraction of sp³-hybridized carbons (Fsp3) is 0.188. The summed E-state index contributed by atoms with van der Waals surface area (Å²) in [6, 6.07) is 13.2. The molecule has 0 radical (unpaired) electrons. The molecule has 0 aliphatic rings. The molecule has 0 aliphatic heterocycles. The molecular formula is C16H18N2O3. The molecule has 1 amide bonds. The minimum absolute atomic E-state index is 0.137. The van der Waals surface area contributed by atoms with Crippen LogP contribution in [0, 0.1) is 0 Å². The smallest absolute Gasteiger partial charge is 0.241 e. The van der Waals surface area contributed by atoms with Crippen LogP contribution in [0.15, 0.2) is 48.5 Å². The number of nitrogens with two attached hydrogens (primary N) is 1. The highest BCUT2D eigenvalue weighted by Gasteiger charge is 2.17. The van der Waals surface area contributed by atoms with Crippen molar-refractivity contribution >= 4 is 11.6 Å². The van der Waals surface area contributed by atoms with Crippen LogP contribution in [0.1, 0.15) is 5.56 Å². The van der Waals surface area contributed by atoms with E-state index in [1.807, 2.05) is 6.07 Å². The number of amides is 1. The number of benzene rings is 2. The maximum Gasteiger partial charge on any atom is 0.241 e. The van der Waals surface area contributed by atoms with Gasteiger partial charge >= 0.3 is 0 Å². The van der Waals surface area contributed by atoms with Gasteiger partial charge < -0.3 is 20.9 Å². The van der Waals surface area contributed by atoms with E-state index in [2.05, 4.69) is 5.32 Å². The van der Waals surface area contributed by atoms with E-state index in [1.165, 1.54) is 7.11 Å². The predicted molar refractivity (Wildman–Crippen MR) is 81.4 cm³/mol. The molecule has 110 valence electrons. The number of anilines is 1. The topological polar surface area (TPSA) is 84.6 Å². The summed E-state index contributed by atoms with van der Waals surface area (Å²) in [4.78, 5) is 12.1. The standard InChI is InChI=1S/C16H18N2O3/c1-21-15-9-5-3-7-13(15)18-16(20)12(17)10-11-6-2-4-8-14(11)19/h2-9,12,19H,10,17H2,1H3,(H,18,20). The number of hydrogen-bond donors (Lipinski definition) is 3. The summed E-state index contributed by atoms with van der Waals surface area (Å²) < 4.78 is 5.17. The van der Waals surface area contributed by atoms with Crippen LogP contribution in [0.3, 0.4) is 0 Å². The van der Waals surface area contributed by atoms with E-state index in [4.69, 9.17) is 10.5 Å². The molecule has 0 heterocycles. The molecule has 0 aromatic heterocycles. The predicted octanol–water partition coefficient (Wildman–Crippen LogP) is 1.91. The Bertz CT molecular complexity index is 628. The highest BCUT2D eigenvalue weighted by molar-refractivity contribution is 5.96. The zero-order valence-electron chi connectivity index (χ0n) is 11.7.